The minimum Gasteiger partial charge on any atom is -0.298 e. The van der Waals surface area contributed by atoms with Crippen LogP contribution in [0, 0.1) is 0 Å². The Kier molecular flexibility index (Phi) is 4.10. The van der Waals surface area contributed by atoms with Crippen molar-refractivity contribution >= 4 is 21.7 Å². The van der Waals surface area contributed by atoms with Crippen LogP contribution in [0.1, 0.15) is 5.56 Å². The number of hydrogen-bond donors (Lipinski definition) is 0. The predicted octanol–water partition coefficient (Wildman–Crippen LogP) is 3.86. The molecule has 2 aromatic rings. The standard InChI is InChI=1S/C15H13BrO/c16-11-15(17)10-12-6-8-14(9-7-12)13-4-2-1-3-5-13/h1-9H,10-11H2. The van der Waals surface area contributed by atoms with Gasteiger partial charge in [0.25, 0.3) is 0 Å². The molecule has 0 amide bonds. The number of Topliss-reactive ketones (excluding diaryl/α,β-unsaturated/α-hetero) is 1. The molecule has 0 aliphatic carbocycles. The van der Waals surface area contributed by atoms with Crippen LogP contribution in [0.5, 0.6) is 0 Å². The smallest absolute Gasteiger partial charge is 0.147 e. The van der Waals surface area contributed by atoms with Gasteiger partial charge in [-0.3, -0.25) is 4.79 Å². The first kappa shape index (κ1) is 12.1. The third kappa shape index (κ3) is 3.27. The van der Waals surface area contributed by atoms with E-state index in [-0.39, 0.29) is 5.78 Å². The fourth-order valence-corrected chi connectivity index (χ4v) is 1.92. The zero-order chi connectivity index (χ0) is 12.1. The number of hydrogen-bond acceptors (Lipinski definition) is 1. The first-order valence-corrected chi connectivity index (χ1v) is 6.64. The Morgan fingerprint density at radius 3 is 2.06 bits per heavy atom. The van der Waals surface area contributed by atoms with Gasteiger partial charge in [0.1, 0.15) is 5.78 Å². The fourth-order valence-electron chi connectivity index (χ4n) is 1.72. The third-order valence-corrected chi connectivity index (χ3v) is 3.24. The summed E-state index contributed by atoms with van der Waals surface area (Å²) in [6.45, 7) is 0. The molecule has 0 unspecified atom stereocenters. The summed E-state index contributed by atoms with van der Waals surface area (Å²) in [5.41, 5.74) is 3.45. The van der Waals surface area contributed by atoms with Crippen molar-refractivity contribution in [2.45, 2.75) is 6.42 Å². The zero-order valence-corrected chi connectivity index (χ0v) is 11.0. The van der Waals surface area contributed by atoms with E-state index in [1.54, 1.807) is 0 Å². The van der Waals surface area contributed by atoms with Crippen LogP contribution in [0.25, 0.3) is 11.1 Å². The molecule has 0 saturated heterocycles. The van der Waals surface area contributed by atoms with Crippen LogP contribution in [0.2, 0.25) is 0 Å². The van der Waals surface area contributed by atoms with Gasteiger partial charge >= 0.3 is 0 Å². The molecule has 2 heteroatoms. The van der Waals surface area contributed by atoms with Crippen LogP contribution in [0.15, 0.2) is 54.6 Å². The molecule has 17 heavy (non-hydrogen) atoms. The quantitative estimate of drug-likeness (QED) is 0.781. The molecular weight excluding hydrogens is 276 g/mol. The topological polar surface area (TPSA) is 17.1 Å². The van der Waals surface area contributed by atoms with Gasteiger partial charge in [-0.25, -0.2) is 0 Å². The lowest BCUT2D eigenvalue weighted by atomic mass is 10.0. The maximum Gasteiger partial charge on any atom is 0.147 e. The van der Waals surface area contributed by atoms with E-state index in [4.69, 9.17) is 0 Å². The summed E-state index contributed by atoms with van der Waals surface area (Å²) >= 11 is 3.17. The second kappa shape index (κ2) is 5.78. The summed E-state index contributed by atoms with van der Waals surface area (Å²) in [4.78, 5) is 11.3. The zero-order valence-electron chi connectivity index (χ0n) is 9.40. The van der Waals surface area contributed by atoms with Crippen molar-refractivity contribution in [3.8, 4) is 11.1 Å². The molecule has 2 aromatic carbocycles. The maximum absolute atomic E-state index is 11.3. The maximum atomic E-state index is 11.3. The third-order valence-electron chi connectivity index (χ3n) is 2.61. The number of alkyl halides is 1. The van der Waals surface area contributed by atoms with Crippen LogP contribution in [-0.2, 0) is 11.2 Å². The first-order valence-electron chi connectivity index (χ1n) is 5.51. The summed E-state index contributed by atoms with van der Waals surface area (Å²) in [5, 5.41) is 0.424. The van der Waals surface area contributed by atoms with Crippen molar-refractivity contribution in [1.82, 2.24) is 0 Å². The van der Waals surface area contributed by atoms with Crippen molar-refractivity contribution in [2.75, 3.05) is 5.33 Å². The SMILES string of the molecule is O=C(CBr)Cc1ccc(-c2ccccc2)cc1. The van der Waals surface area contributed by atoms with Crippen LogP contribution in [-0.4, -0.2) is 11.1 Å². The molecule has 86 valence electrons. The molecule has 0 aromatic heterocycles. The molecule has 0 radical (unpaired) electrons. The minimum atomic E-state index is 0.206. The first-order chi connectivity index (χ1) is 8.29. The number of halogens is 1. The Balaban J connectivity index is 2.16. The van der Waals surface area contributed by atoms with E-state index in [2.05, 4.69) is 40.2 Å². The van der Waals surface area contributed by atoms with Gasteiger partial charge in [0.2, 0.25) is 0 Å². The summed E-state index contributed by atoms with van der Waals surface area (Å²) < 4.78 is 0. The summed E-state index contributed by atoms with van der Waals surface area (Å²) in [6.07, 6.45) is 0.500. The van der Waals surface area contributed by atoms with Crippen LogP contribution < -0.4 is 0 Å². The van der Waals surface area contributed by atoms with Gasteiger partial charge in [-0.2, -0.15) is 0 Å². The van der Waals surface area contributed by atoms with Gasteiger partial charge in [-0.1, -0.05) is 70.5 Å². The number of ketones is 1. The summed E-state index contributed by atoms with van der Waals surface area (Å²) in [5.74, 6) is 0.206. The highest BCUT2D eigenvalue weighted by Crippen LogP contribution is 2.19. The summed E-state index contributed by atoms with van der Waals surface area (Å²) in [7, 11) is 0. The lowest BCUT2D eigenvalue weighted by Crippen LogP contribution is -2.02. The van der Waals surface area contributed by atoms with Crippen molar-refractivity contribution in [3.05, 3.63) is 60.2 Å². The minimum absolute atomic E-state index is 0.206. The molecule has 0 saturated carbocycles. The fraction of sp³-hybridized carbons (Fsp3) is 0.133. The largest absolute Gasteiger partial charge is 0.298 e. The van der Waals surface area contributed by atoms with Crippen molar-refractivity contribution < 1.29 is 4.79 Å². The molecule has 0 N–H and O–H groups in total. The Labute approximate surface area is 110 Å². The van der Waals surface area contributed by atoms with Gasteiger partial charge in [0, 0.05) is 6.42 Å². The Morgan fingerprint density at radius 2 is 1.47 bits per heavy atom. The van der Waals surface area contributed by atoms with Crippen LogP contribution in [0.3, 0.4) is 0 Å². The second-order valence-corrected chi connectivity index (χ2v) is 4.47. The molecule has 0 aliphatic heterocycles. The Morgan fingerprint density at radius 1 is 0.882 bits per heavy atom. The molecule has 2 rings (SSSR count). The van der Waals surface area contributed by atoms with E-state index >= 15 is 0 Å². The number of carbonyl (C=O) groups is 1. The average molecular weight is 289 g/mol. The van der Waals surface area contributed by atoms with Gasteiger partial charge in [0.15, 0.2) is 0 Å². The normalized spacial score (nSPS) is 10.2. The van der Waals surface area contributed by atoms with Crippen molar-refractivity contribution in [3.63, 3.8) is 0 Å². The molecule has 0 fully saturated rings. The molecule has 0 atom stereocenters. The number of carbonyl (C=O) groups excluding carboxylic acids is 1. The lowest BCUT2D eigenvalue weighted by Gasteiger charge is -2.03. The van der Waals surface area contributed by atoms with Crippen molar-refractivity contribution in [1.29, 1.82) is 0 Å². The van der Waals surface area contributed by atoms with Gasteiger partial charge in [0.05, 0.1) is 5.33 Å². The van der Waals surface area contributed by atoms with Crippen LogP contribution >= 0.6 is 15.9 Å². The molecular formula is C15H13BrO. The highest BCUT2D eigenvalue weighted by atomic mass is 79.9. The molecule has 0 heterocycles. The van der Waals surface area contributed by atoms with Gasteiger partial charge < -0.3 is 0 Å². The molecule has 0 bridgehead atoms. The number of rotatable bonds is 4. The van der Waals surface area contributed by atoms with E-state index in [1.807, 2.05) is 30.3 Å². The Hall–Kier alpha value is -1.41. The van der Waals surface area contributed by atoms with E-state index in [0.29, 0.717) is 11.8 Å². The monoisotopic (exact) mass is 288 g/mol. The molecule has 0 aliphatic rings. The second-order valence-electron chi connectivity index (χ2n) is 3.91. The number of benzene rings is 2. The van der Waals surface area contributed by atoms with E-state index in [9.17, 15) is 4.79 Å². The molecule has 0 spiro atoms. The lowest BCUT2D eigenvalue weighted by molar-refractivity contribution is -0.115. The van der Waals surface area contributed by atoms with E-state index in [0.717, 1.165) is 5.56 Å². The average Bonchev–Trinajstić information content (AvgIpc) is 2.40. The highest BCUT2D eigenvalue weighted by Gasteiger charge is 2.02. The summed E-state index contributed by atoms with van der Waals surface area (Å²) in [6, 6.07) is 18.4. The van der Waals surface area contributed by atoms with Crippen LogP contribution in [0.4, 0.5) is 0 Å². The molecule has 1 nitrogen and oxygen atoms in total. The van der Waals surface area contributed by atoms with Crippen molar-refractivity contribution in [2.24, 2.45) is 0 Å². The van der Waals surface area contributed by atoms with Gasteiger partial charge in [-0.15, -0.1) is 0 Å². The Bertz CT molecular complexity index is 488. The van der Waals surface area contributed by atoms with E-state index < -0.39 is 0 Å². The predicted molar refractivity (Wildman–Crippen MR) is 74.4 cm³/mol. The van der Waals surface area contributed by atoms with E-state index in [1.165, 1.54) is 11.1 Å². The van der Waals surface area contributed by atoms with Gasteiger partial charge in [-0.05, 0) is 16.7 Å². The highest BCUT2D eigenvalue weighted by molar-refractivity contribution is 9.09.